The van der Waals surface area contributed by atoms with Crippen LogP contribution in [0.15, 0.2) is 71.6 Å². The van der Waals surface area contributed by atoms with Crippen molar-refractivity contribution >= 4 is 46.4 Å². The molecule has 1 fully saturated rings. The second-order valence-electron chi connectivity index (χ2n) is 8.52. The second kappa shape index (κ2) is 12.4. The molecular formula is C27H26ClF2N3O3S. The van der Waals surface area contributed by atoms with E-state index in [0.29, 0.717) is 26.7 Å². The molecule has 1 heterocycles. The zero-order valence-corrected chi connectivity index (χ0v) is 21.7. The Hall–Kier alpha value is -3.14. The number of amides is 1. The summed E-state index contributed by atoms with van der Waals surface area (Å²) in [6.07, 6.45) is 0. The van der Waals surface area contributed by atoms with Crippen molar-refractivity contribution in [2.45, 2.75) is 11.5 Å². The van der Waals surface area contributed by atoms with Crippen LogP contribution in [0.3, 0.4) is 0 Å². The first kappa shape index (κ1) is 26.9. The highest BCUT2D eigenvalue weighted by Crippen LogP contribution is 2.32. The maximum atomic E-state index is 13.3. The third-order valence-electron chi connectivity index (χ3n) is 5.94. The normalized spacial score (nSPS) is 14.0. The van der Waals surface area contributed by atoms with Gasteiger partial charge in [-0.2, -0.15) is 8.78 Å². The largest absolute Gasteiger partial charge is 0.435 e. The number of ether oxygens (including phenoxy) is 1. The number of rotatable bonds is 9. The molecule has 0 unspecified atom stereocenters. The molecule has 0 aromatic heterocycles. The van der Waals surface area contributed by atoms with E-state index in [4.69, 9.17) is 11.6 Å². The summed E-state index contributed by atoms with van der Waals surface area (Å²) in [5.41, 5.74) is 2.34. The smallest absolute Gasteiger partial charge is 0.387 e. The molecule has 0 spiro atoms. The summed E-state index contributed by atoms with van der Waals surface area (Å²) in [5.74, 6) is -0.445. The highest BCUT2D eigenvalue weighted by Gasteiger charge is 2.20. The molecule has 37 heavy (non-hydrogen) atoms. The average molecular weight is 546 g/mol. The average Bonchev–Trinajstić information content (AvgIpc) is 2.88. The number of carbonyl (C=O) groups excluding carboxylic acids is 2. The molecular weight excluding hydrogens is 520 g/mol. The topological polar surface area (TPSA) is 61.9 Å². The minimum atomic E-state index is -2.93. The molecule has 3 aromatic rings. The number of nitrogens with zero attached hydrogens (tertiary/aromatic N) is 2. The Kier molecular flexibility index (Phi) is 9.02. The number of likely N-dealkylation sites (N-methyl/N-ethyl adjacent to an activating group) is 1. The van der Waals surface area contributed by atoms with Crippen LogP contribution in [0, 0.1) is 0 Å². The lowest BCUT2D eigenvalue weighted by Gasteiger charge is -2.35. The van der Waals surface area contributed by atoms with Crippen LogP contribution in [-0.2, 0) is 0 Å². The molecule has 194 valence electrons. The fourth-order valence-electron chi connectivity index (χ4n) is 3.95. The quantitative estimate of drug-likeness (QED) is 0.266. The summed E-state index contributed by atoms with van der Waals surface area (Å²) in [5, 5.41) is 3.53. The van der Waals surface area contributed by atoms with E-state index in [9.17, 15) is 18.4 Å². The van der Waals surface area contributed by atoms with Crippen molar-refractivity contribution in [3.8, 4) is 5.75 Å². The van der Waals surface area contributed by atoms with Crippen molar-refractivity contribution in [2.24, 2.45) is 0 Å². The number of piperazine rings is 1. The molecule has 4 rings (SSSR count). The Morgan fingerprint density at radius 3 is 2.43 bits per heavy atom. The number of thioether (sulfide) groups is 1. The summed E-state index contributed by atoms with van der Waals surface area (Å²) in [6.45, 7) is 0.594. The highest BCUT2D eigenvalue weighted by atomic mass is 35.5. The Morgan fingerprint density at radius 1 is 1.03 bits per heavy atom. The van der Waals surface area contributed by atoms with Crippen LogP contribution >= 0.6 is 23.4 Å². The first-order valence-electron chi connectivity index (χ1n) is 11.6. The summed E-state index contributed by atoms with van der Waals surface area (Å²) < 4.78 is 29.0. The van der Waals surface area contributed by atoms with Crippen molar-refractivity contribution in [3.05, 3.63) is 82.9 Å². The second-order valence-corrected chi connectivity index (χ2v) is 9.97. The van der Waals surface area contributed by atoms with Gasteiger partial charge in [0.05, 0.1) is 22.7 Å². The predicted molar refractivity (Wildman–Crippen MR) is 144 cm³/mol. The Bertz CT molecular complexity index is 1250. The zero-order valence-electron chi connectivity index (χ0n) is 20.1. The predicted octanol–water partition coefficient (Wildman–Crippen LogP) is 5.92. The molecule has 0 aliphatic carbocycles. The molecule has 10 heteroatoms. The molecule has 0 saturated carbocycles. The van der Waals surface area contributed by atoms with Gasteiger partial charge < -0.3 is 19.9 Å². The van der Waals surface area contributed by atoms with Gasteiger partial charge in [-0.15, -0.1) is 11.8 Å². The molecule has 1 aliphatic rings. The van der Waals surface area contributed by atoms with Crippen LogP contribution in [0.2, 0.25) is 5.02 Å². The van der Waals surface area contributed by atoms with Crippen molar-refractivity contribution < 1.29 is 23.1 Å². The molecule has 0 atom stereocenters. The first-order chi connectivity index (χ1) is 17.8. The van der Waals surface area contributed by atoms with E-state index in [0.717, 1.165) is 31.9 Å². The van der Waals surface area contributed by atoms with Gasteiger partial charge in [0.15, 0.2) is 5.78 Å². The van der Waals surface area contributed by atoms with E-state index in [2.05, 4.69) is 26.9 Å². The van der Waals surface area contributed by atoms with Crippen LogP contribution in [0.25, 0.3) is 0 Å². The van der Waals surface area contributed by atoms with Crippen LogP contribution in [-0.4, -0.2) is 62.2 Å². The fraction of sp³-hybridized carbons (Fsp3) is 0.259. The van der Waals surface area contributed by atoms with E-state index in [-0.39, 0.29) is 23.2 Å². The molecule has 1 aliphatic heterocycles. The lowest BCUT2D eigenvalue weighted by molar-refractivity contribution is -0.0498. The number of Topliss-reactive ketones (excluding diaryl/α,β-unsaturated/α-hetero) is 1. The summed E-state index contributed by atoms with van der Waals surface area (Å²) >= 11 is 7.49. The van der Waals surface area contributed by atoms with Gasteiger partial charge in [-0.3, -0.25) is 9.59 Å². The van der Waals surface area contributed by atoms with Crippen molar-refractivity contribution in [1.82, 2.24) is 4.90 Å². The van der Waals surface area contributed by atoms with Crippen LogP contribution in [0.1, 0.15) is 20.7 Å². The van der Waals surface area contributed by atoms with E-state index < -0.39 is 6.61 Å². The standard InChI is InChI=1S/C27H26ClF2N3O3S/c1-32-12-14-33(15-13-32)23-11-8-19(28)16-22(23)31-26(35)21-4-2-3-5-25(21)37-17-24(34)18-6-9-20(10-7-18)36-27(29)30/h2-11,16,27H,12-15,17H2,1H3,(H,31,35). The van der Waals surface area contributed by atoms with Crippen molar-refractivity contribution in [3.63, 3.8) is 0 Å². The number of alkyl halides is 2. The zero-order chi connectivity index (χ0) is 26.4. The van der Waals surface area contributed by atoms with Gasteiger partial charge in [-0.1, -0.05) is 23.7 Å². The SMILES string of the molecule is CN1CCN(c2ccc(Cl)cc2NC(=O)c2ccccc2SCC(=O)c2ccc(OC(F)F)cc2)CC1. The number of benzene rings is 3. The molecule has 0 bridgehead atoms. The molecule has 0 radical (unpaired) electrons. The van der Waals surface area contributed by atoms with E-state index >= 15 is 0 Å². The van der Waals surface area contributed by atoms with Crippen molar-refractivity contribution in [1.29, 1.82) is 0 Å². The van der Waals surface area contributed by atoms with Gasteiger partial charge in [0.1, 0.15) is 5.75 Å². The Morgan fingerprint density at radius 2 is 1.73 bits per heavy atom. The van der Waals surface area contributed by atoms with Gasteiger partial charge in [0.25, 0.3) is 5.91 Å². The molecule has 1 amide bonds. The minimum Gasteiger partial charge on any atom is -0.435 e. The lowest BCUT2D eigenvalue weighted by atomic mass is 10.1. The van der Waals surface area contributed by atoms with Crippen LogP contribution < -0.4 is 15.0 Å². The number of hydrogen-bond donors (Lipinski definition) is 1. The number of carbonyl (C=O) groups is 2. The van der Waals surface area contributed by atoms with E-state index in [1.54, 1.807) is 30.3 Å². The van der Waals surface area contributed by atoms with Gasteiger partial charge in [-0.25, -0.2) is 0 Å². The summed E-state index contributed by atoms with van der Waals surface area (Å²) in [4.78, 5) is 31.1. The Labute approximate surface area is 223 Å². The minimum absolute atomic E-state index is 0.0156. The van der Waals surface area contributed by atoms with Crippen LogP contribution in [0.4, 0.5) is 20.2 Å². The van der Waals surface area contributed by atoms with Gasteiger partial charge in [-0.05, 0) is 61.6 Å². The highest BCUT2D eigenvalue weighted by molar-refractivity contribution is 8.00. The molecule has 3 aromatic carbocycles. The monoisotopic (exact) mass is 545 g/mol. The van der Waals surface area contributed by atoms with E-state index in [1.165, 1.54) is 36.0 Å². The molecule has 1 saturated heterocycles. The first-order valence-corrected chi connectivity index (χ1v) is 13.0. The third kappa shape index (κ3) is 7.21. The lowest BCUT2D eigenvalue weighted by Crippen LogP contribution is -2.44. The fourth-order valence-corrected chi connectivity index (χ4v) is 5.07. The van der Waals surface area contributed by atoms with Gasteiger partial charge in [0, 0.05) is 41.7 Å². The molecule has 1 N–H and O–H groups in total. The number of nitrogens with one attached hydrogen (secondary N) is 1. The maximum absolute atomic E-state index is 13.3. The Balaban J connectivity index is 1.45. The molecule has 6 nitrogen and oxygen atoms in total. The number of hydrogen-bond acceptors (Lipinski definition) is 6. The van der Waals surface area contributed by atoms with Crippen LogP contribution in [0.5, 0.6) is 5.75 Å². The summed E-state index contributed by atoms with van der Waals surface area (Å²) in [7, 11) is 2.08. The van der Waals surface area contributed by atoms with Crippen molar-refractivity contribution in [2.75, 3.05) is 49.2 Å². The maximum Gasteiger partial charge on any atom is 0.387 e. The van der Waals surface area contributed by atoms with Gasteiger partial charge >= 0.3 is 6.61 Å². The summed E-state index contributed by atoms with van der Waals surface area (Å²) in [6, 6.07) is 18.1. The number of ketones is 1. The number of anilines is 2. The number of halogens is 3. The van der Waals surface area contributed by atoms with E-state index in [1.807, 2.05) is 12.1 Å². The van der Waals surface area contributed by atoms with Gasteiger partial charge in [0.2, 0.25) is 0 Å². The third-order valence-corrected chi connectivity index (χ3v) is 7.25.